The van der Waals surface area contributed by atoms with E-state index in [0.717, 1.165) is 6.26 Å². The van der Waals surface area contributed by atoms with Crippen molar-refractivity contribution in [3.05, 3.63) is 23.1 Å². The number of nitrogens with two attached hydrogens (primary N) is 1. The Balaban J connectivity index is 2.92. The summed E-state index contributed by atoms with van der Waals surface area (Å²) < 4.78 is 40.3. The maximum absolute atomic E-state index is 11.9. The standard InChI is InChI=1S/C6H5ClF3NO/c7-3-1-2-12-4(3)5(11)6(8,9)10/h1-2,5H,11H2. The van der Waals surface area contributed by atoms with Crippen molar-refractivity contribution >= 4 is 11.6 Å². The maximum Gasteiger partial charge on any atom is 0.410 e. The minimum atomic E-state index is -4.53. The van der Waals surface area contributed by atoms with Gasteiger partial charge in [0.1, 0.15) is 5.76 Å². The molecule has 1 aromatic heterocycles. The topological polar surface area (TPSA) is 39.2 Å². The van der Waals surface area contributed by atoms with Crippen molar-refractivity contribution in [2.24, 2.45) is 5.73 Å². The molecule has 0 saturated carbocycles. The lowest BCUT2D eigenvalue weighted by Gasteiger charge is -2.12. The lowest BCUT2D eigenvalue weighted by atomic mass is 10.2. The molecule has 6 heteroatoms. The SMILES string of the molecule is NC(c1occc1Cl)C(F)(F)F. The van der Waals surface area contributed by atoms with Gasteiger partial charge in [0.05, 0.1) is 11.3 Å². The van der Waals surface area contributed by atoms with Gasteiger partial charge in [0.2, 0.25) is 0 Å². The second-order valence-corrected chi connectivity index (χ2v) is 2.56. The van der Waals surface area contributed by atoms with E-state index in [0.29, 0.717) is 0 Å². The average Bonchev–Trinajstić information content (AvgIpc) is 2.31. The third-order valence-electron chi connectivity index (χ3n) is 1.28. The molecular weight excluding hydrogens is 195 g/mol. The van der Waals surface area contributed by atoms with Crippen LogP contribution in [0.2, 0.25) is 5.02 Å². The van der Waals surface area contributed by atoms with E-state index < -0.39 is 18.0 Å². The van der Waals surface area contributed by atoms with E-state index in [4.69, 9.17) is 17.3 Å². The van der Waals surface area contributed by atoms with Gasteiger partial charge in [0, 0.05) is 0 Å². The van der Waals surface area contributed by atoms with E-state index in [1.54, 1.807) is 0 Å². The molecule has 0 radical (unpaired) electrons. The first-order chi connectivity index (χ1) is 5.43. The largest absolute Gasteiger partial charge is 0.466 e. The van der Waals surface area contributed by atoms with Gasteiger partial charge in [-0.2, -0.15) is 13.2 Å². The summed E-state index contributed by atoms with van der Waals surface area (Å²) in [6, 6.07) is -0.942. The van der Waals surface area contributed by atoms with Crippen LogP contribution in [0.3, 0.4) is 0 Å². The van der Waals surface area contributed by atoms with Gasteiger partial charge in [-0.15, -0.1) is 0 Å². The molecule has 2 N–H and O–H groups in total. The third kappa shape index (κ3) is 1.73. The zero-order valence-corrected chi connectivity index (χ0v) is 6.49. The molecule has 1 aromatic rings. The van der Waals surface area contributed by atoms with Gasteiger partial charge in [-0.25, -0.2) is 0 Å². The summed E-state index contributed by atoms with van der Waals surface area (Å²) in [7, 11) is 0. The summed E-state index contributed by atoms with van der Waals surface area (Å²) in [5.41, 5.74) is 4.81. The summed E-state index contributed by atoms with van der Waals surface area (Å²) in [6.45, 7) is 0. The second kappa shape index (κ2) is 2.99. The first kappa shape index (κ1) is 9.41. The number of hydrogen-bond donors (Lipinski definition) is 1. The van der Waals surface area contributed by atoms with Crippen LogP contribution in [0.4, 0.5) is 13.2 Å². The predicted octanol–water partition coefficient (Wildman–Crippen LogP) is 2.50. The quantitative estimate of drug-likeness (QED) is 0.755. The highest BCUT2D eigenvalue weighted by molar-refractivity contribution is 6.31. The first-order valence-electron chi connectivity index (χ1n) is 2.98. The molecule has 0 saturated heterocycles. The Hall–Kier alpha value is -0.680. The molecule has 0 aliphatic carbocycles. The van der Waals surface area contributed by atoms with E-state index in [1.165, 1.54) is 6.07 Å². The van der Waals surface area contributed by atoms with Crippen LogP contribution in [0.15, 0.2) is 16.7 Å². The predicted molar refractivity (Wildman–Crippen MR) is 36.7 cm³/mol. The summed E-state index contributed by atoms with van der Waals surface area (Å²) >= 11 is 5.37. The fourth-order valence-corrected chi connectivity index (χ4v) is 0.890. The minimum Gasteiger partial charge on any atom is -0.466 e. The number of rotatable bonds is 1. The van der Waals surface area contributed by atoms with Crippen LogP contribution in [-0.4, -0.2) is 6.18 Å². The molecule has 0 aromatic carbocycles. The molecule has 0 fully saturated rings. The molecular formula is C6H5ClF3NO. The molecule has 1 atom stereocenters. The van der Waals surface area contributed by atoms with Crippen LogP contribution in [0.5, 0.6) is 0 Å². The Bertz CT molecular complexity index is 270. The van der Waals surface area contributed by atoms with E-state index in [9.17, 15) is 13.2 Å². The van der Waals surface area contributed by atoms with Crippen molar-refractivity contribution in [1.29, 1.82) is 0 Å². The van der Waals surface area contributed by atoms with E-state index >= 15 is 0 Å². The van der Waals surface area contributed by atoms with E-state index in [1.807, 2.05) is 0 Å². The van der Waals surface area contributed by atoms with Crippen LogP contribution >= 0.6 is 11.6 Å². The maximum atomic E-state index is 11.9. The monoisotopic (exact) mass is 199 g/mol. The molecule has 1 heterocycles. The van der Waals surface area contributed by atoms with Gasteiger partial charge in [-0.3, -0.25) is 0 Å². The first-order valence-corrected chi connectivity index (χ1v) is 3.36. The van der Waals surface area contributed by atoms with E-state index in [-0.39, 0.29) is 5.02 Å². The number of furan rings is 1. The van der Waals surface area contributed by atoms with Gasteiger partial charge < -0.3 is 10.2 Å². The fraction of sp³-hybridized carbons (Fsp3) is 0.333. The van der Waals surface area contributed by atoms with Gasteiger partial charge in [-0.05, 0) is 6.07 Å². The third-order valence-corrected chi connectivity index (χ3v) is 1.59. The lowest BCUT2D eigenvalue weighted by Crippen LogP contribution is -2.28. The van der Waals surface area contributed by atoms with Crippen molar-refractivity contribution in [1.82, 2.24) is 0 Å². The van der Waals surface area contributed by atoms with Gasteiger partial charge in [-0.1, -0.05) is 11.6 Å². The molecule has 0 aliphatic rings. The van der Waals surface area contributed by atoms with E-state index in [2.05, 4.69) is 4.42 Å². The highest BCUT2D eigenvalue weighted by Gasteiger charge is 2.40. The van der Waals surface area contributed by atoms with Crippen LogP contribution in [-0.2, 0) is 0 Å². The van der Waals surface area contributed by atoms with Gasteiger partial charge in [0.15, 0.2) is 6.04 Å². The Morgan fingerprint density at radius 3 is 2.42 bits per heavy atom. The summed E-state index contributed by atoms with van der Waals surface area (Å²) in [5.74, 6) is -0.454. The van der Waals surface area contributed by atoms with Gasteiger partial charge in [0.25, 0.3) is 0 Å². The van der Waals surface area contributed by atoms with Crippen molar-refractivity contribution in [3.63, 3.8) is 0 Å². The van der Waals surface area contributed by atoms with Gasteiger partial charge >= 0.3 is 6.18 Å². The van der Waals surface area contributed by atoms with Crippen molar-refractivity contribution < 1.29 is 17.6 Å². The molecule has 12 heavy (non-hydrogen) atoms. The average molecular weight is 200 g/mol. The smallest absolute Gasteiger partial charge is 0.410 e. The number of hydrogen-bond acceptors (Lipinski definition) is 2. The zero-order chi connectivity index (χ0) is 9.35. The number of alkyl halides is 3. The summed E-state index contributed by atoms with van der Waals surface area (Å²) in [5, 5.41) is -0.111. The van der Waals surface area contributed by atoms with Crippen molar-refractivity contribution in [2.75, 3.05) is 0 Å². The molecule has 2 nitrogen and oxygen atoms in total. The van der Waals surface area contributed by atoms with Crippen LogP contribution in [0, 0.1) is 0 Å². The highest BCUT2D eigenvalue weighted by Crippen LogP contribution is 2.34. The Morgan fingerprint density at radius 1 is 1.50 bits per heavy atom. The van der Waals surface area contributed by atoms with Crippen molar-refractivity contribution in [2.45, 2.75) is 12.2 Å². The molecule has 0 bridgehead atoms. The zero-order valence-electron chi connectivity index (χ0n) is 5.73. The molecule has 1 rings (SSSR count). The van der Waals surface area contributed by atoms with Crippen LogP contribution in [0.25, 0.3) is 0 Å². The minimum absolute atomic E-state index is 0.111. The fourth-order valence-electron chi connectivity index (χ4n) is 0.676. The van der Waals surface area contributed by atoms with Crippen molar-refractivity contribution in [3.8, 4) is 0 Å². The Kier molecular flexibility index (Phi) is 2.34. The Labute approximate surface area is 71.1 Å². The molecule has 0 aliphatic heterocycles. The lowest BCUT2D eigenvalue weighted by molar-refractivity contribution is -0.152. The Morgan fingerprint density at radius 2 is 2.08 bits per heavy atom. The normalized spacial score (nSPS) is 14.8. The molecule has 0 amide bonds. The summed E-state index contributed by atoms with van der Waals surface area (Å²) in [6.07, 6.45) is -3.47. The van der Waals surface area contributed by atoms with Crippen LogP contribution < -0.4 is 5.73 Å². The molecule has 68 valence electrons. The van der Waals surface area contributed by atoms with Crippen LogP contribution in [0.1, 0.15) is 11.8 Å². The molecule has 1 unspecified atom stereocenters. The number of halogens is 4. The second-order valence-electron chi connectivity index (χ2n) is 2.15. The molecule has 0 spiro atoms. The highest BCUT2D eigenvalue weighted by atomic mass is 35.5. The summed E-state index contributed by atoms with van der Waals surface area (Å²) in [4.78, 5) is 0.